The van der Waals surface area contributed by atoms with E-state index in [2.05, 4.69) is 0 Å². The van der Waals surface area contributed by atoms with Crippen LogP contribution in [-0.2, 0) is 19.4 Å². The van der Waals surface area contributed by atoms with E-state index in [0.717, 1.165) is 0 Å². The van der Waals surface area contributed by atoms with E-state index in [9.17, 15) is 26.8 Å². The normalized spacial score (nSPS) is 23.6. The molecule has 0 radical (unpaired) electrons. The number of halogens is 2. The van der Waals surface area contributed by atoms with E-state index in [1.807, 2.05) is 0 Å². The topological polar surface area (TPSA) is 74.8 Å². The first-order valence-electron chi connectivity index (χ1n) is 10.1. The van der Waals surface area contributed by atoms with Crippen LogP contribution >= 0.6 is 0 Å². The molecule has 0 N–H and O–H groups in total. The average molecular weight is 448 g/mol. The van der Waals surface area contributed by atoms with Crippen molar-refractivity contribution in [1.29, 1.82) is 0 Å². The Morgan fingerprint density at radius 2 is 1.71 bits per heavy atom. The molecule has 4 rings (SSSR count). The van der Waals surface area contributed by atoms with Crippen LogP contribution in [0.15, 0.2) is 48.5 Å². The van der Waals surface area contributed by atoms with Crippen LogP contribution in [-0.4, -0.2) is 50.5 Å². The Bertz CT molecular complexity index is 1100. The number of carbonyl (C=O) groups is 2. The van der Waals surface area contributed by atoms with Gasteiger partial charge in [0.15, 0.2) is 9.84 Å². The molecule has 0 aliphatic carbocycles. The van der Waals surface area contributed by atoms with Crippen LogP contribution in [0.3, 0.4) is 0 Å². The van der Waals surface area contributed by atoms with Gasteiger partial charge in [0, 0.05) is 37.3 Å². The number of rotatable bonds is 3. The molecule has 0 saturated carbocycles. The Hall–Kier alpha value is -2.81. The Balaban J connectivity index is 1.48. The lowest BCUT2D eigenvalue weighted by atomic mass is 10.1. The lowest BCUT2D eigenvalue weighted by Crippen LogP contribution is -2.39. The van der Waals surface area contributed by atoms with Gasteiger partial charge >= 0.3 is 0 Å². The number of hydrogen-bond acceptors (Lipinski definition) is 4. The second-order valence-corrected chi connectivity index (χ2v) is 10.2. The maximum atomic E-state index is 14.2. The van der Waals surface area contributed by atoms with Crippen molar-refractivity contribution in [3.05, 3.63) is 65.7 Å². The van der Waals surface area contributed by atoms with Crippen molar-refractivity contribution < 1.29 is 26.8 Å². The van der Waals surface area contributed by atoms with Crippen LogP contribution in [0.4, 0.5) is 14.5 Å². The van der Waals surface area contributed by atoms with Gasteiger partial charge in [0.05, 0.1) is 16.9 Å². The zero-order valence-corrected chi connectivity index (χ0v) is 17.5. The van der Waals surface area contributed by atoms with Gasteiger partial charge in [0.2, 0.25) is 11.8 Å². The smallest absolute Gasteiger partial charge is 0.228 e. The number of amides is 2. The molecule has 2 amide bonds. The minimum absolute atomic E-state index is 0.00730. The van der Waals surface area contributed by atoms with Crippen LogP contribution < -0.4 is 4.90 Å². The molecule has 2 aromatic rings. The van der Waals surface area contributed by atoms with Gasteiger partial charge in [-0.3, -0.25) is 9.59 Å². The van der Waals surface area contributed by atoms with Gasteiger partial charge < -0.3 is 9.80 Å². The summed E-state index contributed by atoms with van der Waals surface area (Å²) in [5, 5.41) is -1.01. The summed E-state index contributed by atoms with van der Waals surface area (Å²) in [6.45, 7) is 0.328. The second kappa shape index (κ2) is 8.37. The van der Waals surface area contributed by atoms with Crippen molar-refractivity contribution in [2.75, 3.05) is 30.3 Å². The Kier molecular flexibility index (Phi) is 5.79. The quantitative estimate of drug-likeness (QED) is 0.724. The molecule has 2 heterocycles. The third-order valence-electron chi connectivity index (χ3n) is 5.92. The van der Waals surface area contributed by atoms with Crippen LogP contribution in [0.5, 0.6) is 0 Å². The van der Waals surface area contributed by atoms with Crippen molar-refractivity contribution in [2.24, 2.45) is 5.92 Å². The standard InChI is InChI=1S/C22H22F2N2O4S/c23-16-5-7-17(8-6-16)26-14-15(13-21(26)27)22(28)25-10-9-20(31(29,30)12-11-25)18-3-1-2-4-19(18)24/h1-8,15,20H,9-14H2/t15-,20-/m0/s1. The summed E-state index contributed by atoms with van der Waals surface area (Å²) in [5.74, 6) is -2.39. The highest BCUT2D eigenvalue weighted by atomic mass is 32.2. The molecule has 2 aromatic carbocycles. The summed E-state index contributed by atoms with van der Waals surface area (Å²) >= 11 is 0. The highest BCUT2D eigenvalue weighted by molar-refractivity contribution is 7.91. The monoisotopic (exact) mass is 448 g/mol. The minimum atomic E-state index is -3.64. The number of sulfone groups is 1. The van der Waals surface area contributed by atoms with E-state index >= 15 is 0 Å². The summed E-state index contributed by atoms with van der Waals surface area (Å²) in [6.07, 6.45) is 0.105. The van der Waals surface area contributed by atoms with Crippen molar-refractivity contribution in [3.8, 4) is 0 Å². The molecule has 2 atom stereocenters. The van der Waals surface area contributed by atoms with Crippen LogP contribution in [0, 0.1) is 17.6 Å². The van der Waals surface area contributed by atoms with Crippen molar-refractivity contribution in [1.82, 2.24) is 4.90 Å². The molecule has 31 heavy (non-hydrogen) atoms. The lowest BCUT2D eigenvalue weighted by molar-refractivity contribution is -0.135. The van der Waals surface area contributed by atoms with Crippen LogP contribution in [0.25, 0.3) is 0 Å². The highest BCUT2D eigenvalue weighted by Crippen LogP contribution is 2.32. The first-order valence-corrected chi connectivity index (χ1v) is 11.8. The van der Waals surface area contributed by atoms with Gasteiger partial charge in [-0.05, 0) is 36.8 Å². The fraction of sp³-hybridized carbons (Fsp3) is 0.364. The van der Waals surface area contributed by atoms with Gasteiger partial charge in [-0.15, -0.1) is 0 Å². The van der Waals surface area contributed by atoms with Gasteiger partial charge in [0.25, 0.3) is 0 Å². The Labute approximate surface area is 179 Å². The molecule has 0 spiro atoms. The lowest BCUT2D eigenvalue weighted by Gasteiger charge is -2.23. The molecular weight excluding hydrogens is 426 g/mol. The average Bonchev–Trinajstić information content (AvgIpc) is 3.05. The van der Waals surface area contributed by atoms with Crippen LogP contribution in [0.2, 0.25) is 0 Å². The van der Waals surface area contributed by atoms with E-state index in [1.165, 1.54) is 52.3 Å². The van der Waals surface area contributed by atoms with Crippen molar-refractivity contribution in [3.63, 3.8) is 0 Å². The zero-order chi connectivity index (χ0) is 22.2. The third kappa shape index (κ3) is 4.32. The van der Waals surface area contributed by atoms with Gasteiger partial charge in [0.1, 0.15) is 11.6 Å². The van der Waals surface area contributed by atoms with E-state index in [0.29, 0.717) is 5.69 Å². The number of nitrogens with zero attached hydrogens (tertiary/aromatic N) is 2. The fourth-order valence-corrected chi connectivity index (χ4v) is 6.05. The van der Waals surface area contributed by atoms with Crippen molar-refractivity contribution >= 4 is 27.3 Å². The number of carbonyl (C=O) groups excluding carboxylic acids is 2. The predicted molar refractivity (Wildman–Crippen MR) is 111 cm³/mol. The molecular formula is C22H22F2N2O4S. The molecule has 2 fully saturated rings. The predicted octanol–water partition coefficient (Wildman–Crippen LogP) is 2.71. The molecule has 0 unspecified atom stereocenters. The number of benzene rings is 2. The molecule has 6 nitrogen and oxygen atoms in total. The summed E-state index contributed by atoms with van der Waals surface area (Å²) in [7, 11) is -3.64. The summed E-state index contributed by atoms with van der Waals surface area (Å²) in [4.78, 5) is 28.4. The van der Waals surface area contributed by atoms with E-state index in [-0.39, 0.29) is 55.6 Å². The molecule has 2 saturated heterocycles. The molecule has 164 valence electrons. The summed E-state index contributed by atoms with van der Waals surface area (Å²) in [5.41, 5.74) is 0.634. The summed E-state index contributed by atoms with van der Waals surface area (Å²) in [6, 6.07) is 11.3. The van der Waals surface area contributed by atoms with Crippen molar-refractivity contribution in [2.45, 2.75) is 18.1 Å². The van der Waals surface area contributed by atoms with E-state index < -0.39 is 32.6 Å². The highest BCUT2D eigenvalue weighted by Gasteiger charge is 2.40. The Morgan fingerprint density at radius 1 is 1.00 bits per heavy atom. The van der Waals surface area contributed by atoms with E-state index in [1.54, 1.807) is 6.07 Å². The number of hydrogen-bond donors (Lipinski definition) is 0. The minimum Gasteiger partial charge on any atom is -0.341 e. The molecule has 0 aromatic heterocycles. The Morgan fingerprint density at radius 3 is 2.42 bits per heavy atom. The first kappa shape index (κ1) is 21.4. The van der Waals surface area contributed by atoms with E-state index in [4.69, 9.17) is 0 Å². The second-order valence-electron chi connectivity index (χ2n) is 7.87. The maximum absolute atomic E-state index is 14.2. The molecule has 0 bridgehead atoms. The largest absolute Gasteiger partial charge is 0.341 e. The maximum Gasteiger partial charge on any atom is 0.228 e. The first-order chi connectivity index (χ1) is 14.8. The SMILES string of the molecule is O=C([C@H]1CC(=O)N(c2ccc(F)cc2)C1)N1CC[C@@H](c2ccccc2F)S(=O)(=O)CC1. The zero-order valence-electron chi connectivity index (χ0n) is 16.7. The molecule has 2 aliphatic rings. The fourth-order valence-electron chi connectivity index (χ4n) is 4.25. The number of anilines is 1. The van der Waals surface area contributed by atoms with Gasteiger partial charge in [-0.1, -0.05) is 18.2 Å². The molecule has 2 aliphatic heterocycles. The van der Waals surface area contributed by atoms with Gasteiger partial charge in [-0.25, -0.2) is 17.2 Å². The third-order valence-corrected chi connectivity index (χ3v) is 8.03. The van der Waals surface area contributed by atoms with Crippen LogP contribution in [0.1, 0.15) is 23.7 Å². The molecule has 9 heteroatoms. The van der Waals surface area contributed by atoms with Gasteiger partial charge in [-0.2, -0.15) is 0 Å². The summed E-state index contributed by atoms with van der Waals surface area (Å²) < 4.78 is 52.9.